The Morgan fingerprint density at radius 3 is 2.29 bits per heavy atom. The third-order valence-electron chi connectivity index (χ3n) is 4.94. The van der Waals surface area contributed by atoms with E-state index in [1.54, 1.807) is 4.90 Å². The summed E-state index contributed by atoms with van der Waals surface area (Å²) in [7, 11) is 1.81. The molecular formula is C16H31N3O2. The van der Waals surface area contributed by atoms with Gasteiger partial charge < -0.3 is 15.8 Å². The van der Waals surface area contributed by atoms with E-state index >= 15 is 0 Å². The average molecular weight is 297 g/mol. The van der Waals surface area contributed by atoms with Gasteiger partial charge in [-0.3, -0.25) is 4.79 Å². The van der Waals surface area contributed by atoms with Crippen LogP contribution in [0.4, 0.5) is 0 Å². The van der Waals surface area contributed by atoms with Crippen LogP contribution in [-0.2, 0) is 4.79 Å². The SMILES string of the molecule is CC(CC(N)=NO)N(C)C(=O)C1CCC(C(C)(C)C)CC1. The molecule has 1 aliphatic rings. The first kappa shape index (κ1) is 17.8. The van der Waals surface area contributed by atoms with Crippen molar-refractivity contribution in [2.45, 2.75) is 65.8 Å². The van der Waals surface area contributed by atoms with E-state index in [1.807, 2.05) is 14.0 Å². The van der Waals surface area contributed by atoms with E-state index in [4.69, 9.17) is 10.9 Å². The van der Waals surface area contributed by atoms with Gasteiger partial charge in [0, 0.05) is 25.4 Å². The topological polar surface area (TPSA) is 78.9 Å². The van der Waals surface area contributed by atoms with Crippen molar-refractivity contribution >= 4 is 11.7 Å². The highest BCUT2D eigenvalue weighted by Crippen LogP contribution is 2.40. The number of carbonyl (C=O) groups excluding carboxylic acids is 1. The summed E-state index contributed by atoms with van der Waals surface area (Å²) in [5.41, 5.74) is 5.85. The Kier molecular flexibility index (Phi) is 6.05. The zero-order valence-electron chi connectivity index (χ0n) is 14.1. The predicted octanol–water partition coefficient (Wildman–Crippen LogP) is 2.82. The van der Waals surface area contributed by atoms with Crippen LogP contribution in [0.15, 0.2) is 5.16 Å². The normalized spacial score (nSPS) is 25.5. The van der Waals surface area contributed by atoms with Crippen molar-refractivity contribution < 1.29 is 10.0 Å². The van der Waals surface area contributed by atoms with Crippen molar-refractivity contribution in [3.05, 3.63) is 0 Å². The molecular weight excluding hydrogens is 266 g/mol. The molecule has 0 spiro atoms. The number of nitrogens with two attached hydrogens (primary N) is 1. The number of rotatable bonds is 4. The molecule has 0 saturated heterocycles. The Morgan fingerprint density at radius 1 is 1.33 bits per heavy atom. The zero-order valence-corrected chi connectivity index (χ0v) is 14.1. The van der Waals surface area contributed by atoms with E-state index in [2.05, 4.69) is 25.9 Å². The van der Waals surface area contributed by atoms with Gasteiger partial charge in [-0.05, 0) is 43.9 Å². The van der Waals surface area contributed by atoms with Crippen molar-refractivity contribution in [3.8, 4) is 0 Å². The third-order valence-corrected chi connectivity index (χ3v) is 4.94. The van der Waals surface area contributed by atoms with Gasteiger partial charge in [-0.15, -0.1) is 0 Å². The summed E-state index contributed by atoms with van der Waals surface area (Å²) >= 11 is 0. The lowest BCUT2D eigenvalue weighted by atomic mass is 9.69. The van der Waals surface area contributed by atoms with Gasteiger partial charge in [0.2, 0.25) is 5.91 Å². The molecule has 1 atom stereocenters. The van der Waals surface area contributed by atoms with Crippen LogP contribution >= 0.6 is 0 Å². The fourth-order valence-electron chi connectivity index (χ4n) is 3.19. The number of hydrogen-bond acceptors (Lipinski definition) is 3. The Hall–Kier alpha value is -1.26. The number of carbonyl (C=O) groups is 1. The highest BCUT2D eigenvalue weighted by molar-refractivity contribution is 5.82. The molecule has 0 aromatic rings. The van der Waals surface area contributed by atoms with E-state index in [0.29, 0.717) is 17.8 Å². The fraction of sp³-hybridized carbons (Fsp3) is 0.875. The molecule has 122 valence electrons. The van der Waals surface area contributed by atoms with Gasteiger partial charge in [-0.2, -0.15) is 0 Å². The predicted molar refractivity (Wildman–Crippen MR) is 85.2 cm³/mol. The van der Waals surface area contributed by atoms with Gasteiger partial charge in [0.1, 0.15) is 5.84 Å². The molecule has 0 aromatic heterocycles. The maximum Gasteiger partial charge on any atom is 0.225 e. The smallest absolute Gasteiger partial charge is 0.225 e. The summed E-state index contributed by atoms with van der Waals surface area (Å²) in [4.78, 5) is 14.3. The second-order valence-corrected chi connectivity index (χ2v) is 7.51. The lowest BCUT2D eigenvalue weighted by Gasteiger charge is -2.38. The van der Waals surface area contributed by atoms with Gasteiger partial charge in [-0.25, -0.2) is 0 Å². The second-order valence-electron chi connectivity index (χ2n) is 7.51. The van der Waals surface area contributed by atoms with Crippen LogP contribution in [0.25, 0.3) is 0 Å². The maximum atomic E-state index is 12.5. The van der Waals surface area contributed by atoms with Crippen LogP contribution in [0.2, 0.25) is 0 Å². The molecule has 0 aromatic carbocycles. The number of oxime groups is 1. The molecule has 0 aliphatic heterocycles. The number of nitrogens with zero attached hydrogens (tertiary/aromatic N) is 2. The first-order valence-electron chi connectivity index (χ1n) is 7.89. The fourth-order valence-corrected chi connectivity index (χ4v) is 3.19. The van der Waals surface area contributed by atoms with Gasteiger partial charge >= 0.3 is 0 Å². The lowest BCUT2D eigenvalue weighted by Crippen LogP contribution is -2.42. The van der Waals surface area contributed by atoms with Crippen LogP contribution in [0.1, 0.15) is 59.8 Å². The Labute approximate surface area is 128 Å². The molecule has 0 radical (unpaired) electrons. The standard InChI is InChI=1S/C16H31N3O2/c1-11(10-14(17)18-21)19(5)15(20)12-6-8-13(9-7-12)16(2,3)4/h11-13,21H,6-10H2,1-5H3,(H2,17,18). The Balaban J connectivity index is 2.53. The molecule has 1 unspecified atom stereocenters. The van der Waals surface area contributed by atoms with Crippen molar-refractivity contribution in [1.82, 2.24) is 4.90 Å². The van der Waals surface area contributed by atoms with Crippen molar-refractivity contribution in [3.63, 3.8) is 0 Å². The summed E-state index contributed by atoms with van der Waals surface area (Å²) < 4.78 is 0. The minimum absolute atomic E-state index is 0.0475. The first-order chi connectivity index (χ1) is 9.66. The Bertz CT molecular complexity index is 379. The largest absolute Gasteiger partial charge is 0.409 e. The molecule has 0 bridgehead atoms. The monoisotopic (exact) mass is 297 g/mol. The van der Waals surface area contributed by atoms with E-state index in [9.17, 15) is 4.79 Å². The number of amidine groups is 1. The van der Waals surface area contributed by atoms with Gasteiger partial charge in [0.05, 0.1) is 0 Å². The zero-order chi connectivity index (χ0) is 16.2. The molecule has 0 heterocycles. The van der Waals surface area contributed by atoms with E-state index in [-0.39, 0.29) is 23.7 Å². The summed E-state index contributed by atoms with van der Waals surface area (Å²) in [6.45, 7) is 8.78. The molecule has 3 N–H and O–H groups in total. The summed E-state index contributed by atoms with van der Waals surface area (Å²) in [6.07, 6.45) is 4.60. The third kappa shape index (κ3) is 4.90. The van der Waals surface area contributed by atoms with Crippen LogP contribution in [0.3, 0.4) is 0 Å². The van der Waals surface area contributed by atoms with Crippen molar-refractivity contribution in [2.24, 2.45) is 28.1 Å². The second kappa shape index (κ2) is 7.14. The van der Waals surface area contributed by atoms with Crippen LogP contribution in [-0.4, -0.2) is 34.9 Å². The molecule has 5 heteroatoms. The van der Waals surface area contributed by atoms with Gasteiger partial charge in [0.15, 0.2) is 0 Å². The van der Waals surface area contributed by atoms with E-state index in [1.165, 1.54) is 0 Å². The molecule has 1 rings (SSSR count). The Morgan fingerprint density at radius 2 is 1.86 bits per heavy atom. The van der Waals surface area contributed by atoms with Gasteiger partial charge in [-0.1, -0.05) is 25.9 Å². The quantitative estimate of drug-likeness (QED) is 0.362. The van der Waals surface area contributed by atoms with E-state index < -0.39 is 0 Å². The maximum absolute atomic E-state index is 12.5. The minimum Gasteiger partial charge on any atom is -0.409 e. The molecule has 1 amide bonds. The number of hydrogen-bond donors (Lipinski definition) is 2. The minimum atomic E-state index is -0.0475. The molecule has 1 fully saturated rings. The van der Waals surface area contributed by atoms with Crippen LogP contribution in [0.5, 0.6) is 0 Å². The van der Waals surface area contributed by atoms with E-state index in [0.717, 1.165) is 25.7 Å². The van der Waals surface area contributed by atoms with Crippen LogP contribution < -0.4 is 5.73 Å². The number of amides is 1. The molecule has 1 aliphatic carbocycles. The highest BCUT2D eigenvalue weighted by Gasteiger charge is 2.34. The molecule has 1 saturated carbocycles. The van der Waals surface area contributed by atoms with Crippen molar-refractivity contribution in [1.29, 1.82) is 0 Å². The highest BCUT2D eigenvalue weighted by atomic mass is 16.4. The molecule has 5 nitrogen and oxygen atoms in total. The van der Waals surface area contributed by atoms with Gasteiger partial charge in [0.25, 0.3) is 0 Å². The van der Waals surface area contributed by atoms with Crippen LogP contribution in [0, 0.1) is 17.3 Å². The summed E-state index contributed by atoms with van der Waals surface area (Å²) in [5.74, 6) is 1.20. The lowest BCUT2D eigenvalue weighted by molar-refractivity contribution is -0.137. The average Bonchev–Trinajstić information content (AvgIpc) is 2.44. The molecule has 21 heavy (non-hydrogen) atoms. The summed E-state index contributed by atoms with van der Waals surface area (Å²) in [5, 5.41) is 11.6. The first-order valence-corrected chi connectivity index (χ1v) is 7.89. The van der Waals surface area contributed by atoms with Crippen molar-refractivity contribution in [2.75, 3.05) is 7.05 Å². The summed E-state index contributed by atoms with van der Waals surface area (Å²) in [6, 6.07) is -0.0475.